The third kappa shape index (κ3) is 2.86. The Labute approximate surface area is 107 Å². The van der Waals surface area contributed by atoms with E-state index in [4.69, 9.17) is 0 Å². The fourth-order valence-corrected chi connectivity index (χ4v) is 4.66. The van der Waals surface area contributed by atoms with Gasteiger partial charge in [-0.15, -0.1) is 0 Å². The average molecular weight is 235 g/mol. The van der Waals surface area contributed by atoms with Crippen LogP contribution in [0.1, 0.15) is 70.6 Å². The summed E-state index contributed by atoms with van der Waals surface area (Å²) in [5, 5.41) is 0. The Morgan fingerprint density at radius 3 is 2.29 bits per heavy atom. The summed E-state index contributed by atoms with van der Waals surface area (Å²) in [7, 11) is 0. The molecule has 0 radical (unpaired) electrons. The van der Waals surface area contributed by atoms with Crippen molar-refractivity contribution in [3.8, 4) is 0 Å². The Hall–Kier alpha value is -0.0400. The zero-order valence-electron chi connectivity index (χ0n) is 11.4. The first-order valence-corrected chi connectivity index (χ1v) is 8.17. The number of rotatable bonds is 2. The van der Waals surface area contributed by atoms with Crippen LogP contribution in [0.25, 0.3) is 0 Å². The van der Waals surface area contributed by atoms with E-state index in [9.17, 15) is 0 Å². The van der Waals surface area contributed by atoms with Gasteiger partial charge in [-0.2, -0.15) is 0 Å². The normalized spacial score (nSPS) is 36.7. The molecule has 0 spiro atoms. The molecule has 3 aliphatic rings. The Morgan fingerprint density at radius 2 is 1.41 bits per heavy atom. The van der Waals surface area contributed by atoms with Gasteiger partial charge in [0.15, 0.2) is 0 Å². The zero-order valence-corrected chi connectivity index (χ0v) is 11.4. The summed E-state index contributed by atoms with van der Waals surface area (Å²) >= 11 is 0. The van der Waals surface area contributed by atoms with E-state index in [1.807, 2.05) is 0 Å². The van der Waals surface area contributed by atoms with Gasteiger partial charge < -0.3 is 0 Å². The molecule has 0 amide bonds. The van der Waals surface area contributed by atoms with Gasteiger partial charge in [0.1, 0.15) is 0 Å². The molecule has 3 fully saturated rings. The number of likely N-dealkylation sites (tertiary alicyclic amines) is 1. The lowest BCUT2D eigenvalue weighted by atomic mass is 9.77. The largest absolute Gasteiger partial charge is 0.300 e. The van der Waals surface area contributed by atoms with Crippen LogP contribution in [-0.4, -0.2) is 24.0 Å². The molecule has 2 aliphatic carbocycles. The minimum Gasteiger partial charge on any atom is -0.300 e. The van der Waals surface area contributed by atoms with Crippen LogP contribution in [0, 0.1) is 11.8 Å². The van der Waals surface area contributed by atoms with Crippen LogP contribution in [0.5, 0.6) is 0 Å². The summed E-state index contributed by atoms with van der Waals surface area (Å²) in [6.07, 6.45) is 16.6. The first-order valence-electron chi connectivity index (χ1n) is 8.17. The van der Waals surface area contributed by atoms with Gasteiger partial charge in [-0.05, 0) is 56.9 Å². The van der Waals surface area contributed by atoms with Crippen molar-refractivity contribution in [2.75, 3.05) is 13.1 Å². The molecular weight excluding hydrogens is 206 g/mol. The molecule has 0 aromatic rings. The van der Waals surface area contributed by atoms with Crippen molar-refractivity contribution in [2.45, 2.75) is 76.7 Å². The second-order valence-corrected chi connectivity index (χ2v) is 6.75. The average Bonchev–Trinajstić information content (AvgIpc) is 2.40. The van der Waals surface area contributed by atoms with Gasteiger partial charge in [0.05, 0.1) is 0 Å². The number of hydrogen-bond acceptors (Lipinski definition) is 1. The minimum atomic E-state index is 0.986. The SMILES string of the molecule is C1CCC(CN2CCCC3CCCCC32)CC1. The molecular formula is C16H29N. The van der Waals surface area contributed by atoms with Crippen LogP contribution >= 0.6 is 0 Å². The maximum Gasteiger partial charge on any atom is 0.0124 e. The minimum absolute atomic E-state index is 0.986. The van der Waals surface area contributed by atoms with E-state index in [0.717, 1.165) is 17.9 Å². The molecule has 0 bridgehead atoms. The van der Waals surface area contributed by atoms with Crippen molar-refractivity contribution in [3.63, 3.8) is 0 Å². The molecule has 2 saturated carbocycles. The summed E-state index contributed by atoms with van der Waals surface area (Å²) < 4.78 is 0. The highest BCUT2D eigenvalue weighted by molar-refractivity contribution is 4.88. The molecule has 2 unspecified atom stereocenters. The van der Waals surface area contributed by atoms with Crippen LogP contribution in [0.4, 0.5) is 0 Å². The van der Waals surface area contributed by atoms with Crippen LogP contribution < -0.4 is 0 Å². The fourth-order valence-electron chi connectivity index (χ4n) is 4.66. The first kappa shape index (κ1) is 12.0. The zero-order chi connectivity index (χ0) is 11.5. The van der Waals surface area contributed by atoms with Crippen molar-refractivity contribution in [1.29, 1.82) is 0 Å². The van der Waals surface area contributed by atoms with Crippen molar-refractivity contribution in [3.05, 3.63) is 0 Å². The van der Waals surface area contributed by atoms with Crippen LogP contribution in [0.2, 0.25) is 0 Å². The van der Waals surface area contributed by atoms with Gasteiger partial charge >= 0.3 is 0 Å². The van der Waals surface area contributed by atoms with Crippen LogP contribution in [0.15, 0.2) is 0 Å². The number of piperidine rings is 1. The van der Waals surface area contributed by atoms with E-state index in [1.165, 1.54) is 83.7 Å². The van der Waals surface area contributed by atoms with Gasteiger partial charge in [-0.25, -0.2) is 0 Å². The topological polar surface area (TPSA) is 3.24 Å². The Morgan fingerprint density at radius 1 is 0.706 bits per heavy atom. The standard InChI is InChI=1S/C16H29N/c1-2-7-14(8-3-1)13-17-12-6-10-15-9-4-5-11-16(15)17/h14-16H,1-13H2. The molecule has 0 aromatic heterocycles. The van der Waals surface area contributed by atoms with Crippen molar-refractivity contribution >= 4 is 0 Å². The lowest BCUT2D eigenvalue weighted by Crippen LogP contribution is -2.48. The monoisotopic (exact) mass is 235 g/mol. The fraction of sp³-hybridized carbons (Fsp3) is 1.00. The van der Waals surface area contributed by atoms with Gasteiger partial charge in [0.2, 0.25) is 0 Å². The molecule has 1 saturated heterocycles. The third-order valence-corrected chi connectivity index (χ3v) is 5.58. The Bertz CT molecular complexity index is 230. The van der Waals surface area contributed by atoms with Gasteiger partial charge in [-0.1, -0.05) is 32.1 Å². The van der Waals surface area contributed by atoms with Crippen molar-refractivity contribution in [1.82, 2.24) is 4.90 Å². The Balaban J connectivity index is 1.56. The maximum atomic E-state index is 2.91. The molecule has 1 nitrogen and oxygen atoms in total. The second-order valence-electron chi connectivity index (χ2n) is 6.75. The number of nitrogens with zero attached hydrogens (tertiary/aromatic N) is 1. The lowest BCUT2D eigenvalue weighted by Gasteiger charge is -2.45. The first-order chi connectivity index (χ1) is 8.43. The molecule has 1 aliphatic heterocycles. The quantitative estimate of drug-likeness (QED) is 0.692. The second kappa shape index (κ2) is 5.73. The van der Waals surface area contributed by atoms with Gasteiger partial charge in [-0.3, -0.25) is 4.90 Å². The molecule has 1 heterocycles. The smallest absolute Gasteiger partial charge is 0.0124 e. The highest BCUT2D eigenvalue weighted by Crippen LogP contribution is 2.36. The summed E-state index contributed by atoms with van der Waals surface area (Å²) in [4.78, 5) is 2.91. The lowest BCUT2D eigenvalue weighted by molar-refractivity contribution is 0.0429. The number of hydrogen-bond donors (Lipinski definition) is 0. The molecule has 17 heavy (non-hydrogen) atoms. The van der Waals surface area contributed by atoms with Crippen LogP contribution in [-0.2, 0) is 0 Å². The van der Waals surface area contributed by atoms with E-state index in [2.05, 4.69) is 4.90 Å². The maximum absolute atomic E-state index is 2.91. The van der Waals surface area contributed by atoms with E-state index in [-0.39, 0.29) is 0 Å². The number of fused-ring (bicyclic) bond motifs is 1. The van der Waals surface area contributed by atoms with Gasteiger partial charge in [0.25, 0.3) is 0 Å². The molecule has 3 rings (SSSR count). The summed E-state index contributed by atoms with van der Waals surface area (Å²) in [6, 6.07) is 0.986. The molecule has 0 aromatic carbocycles. The highest BCUT2D eigenvalue weighted by atomic mass is 15.2. The van der Waals surface area contributed by atoms with Crippen LogP contribution in [0.3, 0.4) is 0 Å². The van der Waals surface area contributed by atoms with E-state index < -0.39 is 0 Å². The molecule has 0 N–H and O–H groups in total. The summed E-state index contributed by atoms with van der Waals surface area (Å²) in [6.45, 7) is 2.86. The van der Waals surface area contributed by atoms with E-state index in [0.29, 0.717) is 0 Å². The third-order valence-electron chi connectivity index (χ3n) is 5.58. The predicted octanol–water partition coefficient (Wildman–Crippen LogP) is 4.22. The summed E-state index contributed by atoms with van der Waals surface area (Å²) in [5.41, 5.74) is 0. The molecule has 98 valence electrons. The van der Waals surface area contributed by atoms with E-state index in [1.54, 1.807) is 0 Å². The predicted molar refractivity (Wildman–Crippen MR) is 73.1 cm³/mol. The molecule has 2 atom stereocenters. The van der Waals surface area contributed by atoms with E-state index >= 15 is 0 Å². The van der Waals surface area contributed by atoms with Crippen molar-refractivity contribution in [2.24, 2.45) is 11.8 Å². The summed E-state index contributed by atoms with van der Waals surface area (Å²) in [5.74, 6) is 2.12. The van der Waals surface area contributed by atoms with Gasteiger partial charge in [0, 0.05) is 12.6 Å². The Kier molecular flexibility index (Phi) is 4.05. The highest BCUT2D eigenvalue weighted by Gasteiger charge is 2.34. The van der Waals surface area contributed by atoms with Crippen molar-refractivity contribution < 1.29 is 0 Å². The molecule has 1 heteroatoms.